The lowest BCUT2D eigenvalue weighted by molar-refractivity contribution is -0.144. The number of esters is 1. The average molecular weight is 767 g/mol. The number of nitrogens with zero attached hydrogens (tertiary/aromatic N) is 3. The molecule has 288 valence electrons. The van der Waals surface area contributed by atoms with Crippen LogP contribution in [0.2, 0.25) is 0 Å². The van der Waals surface area contributed by atoms with Crippen molar-refractivity contribution >= 4 is 11.9 Å². The quantitative estimate of drug-likeness (QED) is 0.163. The Morgan fingerprint density at radius 2 is 1.78 bits per heavy atom. The fourth-order valence-corrected chi connectivity index (χ4v) is 7.07. The number of hydrogen-bond donors (Lipinski definition) is 1. The molecule has 6 rings (SSSR count). The van der Waals surface area contributed by atoms with Crippen molar-refractivity contribution in [3.05, 3.63) is 121 Å². The fraction of sp³-hybridized carbons (Fsp3) is 0.350. The number of likely N-dealkylation sites (tertiary alicyclic amines) is 1. The van der Waals surface area contributed by atoms with Gasteiger partial charge in [0.1, 0.15) is 36.2 Å². The number of amides is 1. The van der Waals surface area contributed by atoms with Gasteiger partial charge in [-0.25, -0.2) is 13.2 Å². The highest BCUT2D eigenvalue weighted by atomic mass is 19.4. The summed E-state index contributed by atoms with van der Waals surface area (Å²) in [6.07, 6.45) is -6.18. The number of aryl methyl sites for hydroxylation is 2. The molecule has 0 spiro atoms. The molecule has 0 saturated carbocycles. The highest BCUT2D eigenvalue weighted by Gasteiger charge is 2.38. The first-order valence-corrected chi connectivity index (χ1v) is 17.5. The van der Waals surface area contributed by atoms with Crippen LogP contribution in [-0.4, -0.2) is 53.8 Å². The van der Waals surface area contributed by atoms with E-state index in [1.807, 2.05) is 0 Å². The van der Waals surface area contributed by atoms with Gasteiger partial charge < -0.3 is 14.8 Å². The van der Waals surface area contributed by atoms with Crippen LogP contribution in [0.5, 0.6) is 5.75 Å². The SMILES string of the molecule is CCOC(=O)C[C@@H]1NC(=O)[C@@H](n2cc(CCN3CC(F)C3)c(C(F)(F)F)cc2=O)c2cc(ccc2F)COc2cc(C#N)cc(C)c2-c2cc(C)c(F)c1c2. The van der Waals surface area contributed by atoms with Crippen molar-refractivity contribution in [2.24, 2.45) is 0 Å². The van der Waals surface area contributed by atoms with E-state index in [0.717, 1.165) is 12.3 Å². The van der Waals surface area contributed by atoms with Crippen molar-refractivity contribution in [3.8, 4) is 22.9 Å². The lowest BCUT2D eigenvalue weighted by atomic mass is 9.91. The molecule has 1 fully saturated rings. The first-order chi connectivity index (χ1) is 26.1. The van der Waals surface area contributed by atoms with Crippen LogP contribution in [0.15, 0.2) is 59.5 Å². The Balaban J connectivity index is 1.58. The number of alkyl halides is 4. The number of rotatable bonds is 7. The number of halogens is 6. The minimum Gasteiger partial charge on any atom is -0.488 e. The molecular weight excluding hydrogens is 730 g/mol. The molecule has 55 heavy (non-hydrogen) atoms. The zero-order valence-corrected chi connectivity index (χ0v) is 30.0. The van der Waals surface area contributed by atoms with Crippen LogP contribution in [0.4, 0.5) is 26.3 Å². The third-order valence-corrected chi connectivity index (χ3v) is 9.72. The van der Waals surface area contributed by atoms with E-state index < -0.39 is 76.6 Å². The Hall–Kier alpha value is -5.62. The number of nitrogens with one attached hydrogen (secondary N) is 1. The monoisotopic (exact) mass is 766 g/mol. The number of nitriles is 1. The molecule has 2 atom stereocenters. The van der Waals surface area contributed by atoms with Gasteiger partial charge in [-0.05, 0) is 91.4 Å². The third kappa shape index (κ3) is 8.24. The lowest BCUT2D eigenvalue weighted by Crippen LogP contribution is -2.49. The number of hydrogen-bond acceptors (Lipinski definition) is 7. The van der Waals surface area contributed by atoms with Crippen LogP contribution < -0.4 is 15.6 Å². The van der Waals surface area contributed by atoms with Crippen LogP contribution in [-0.2, 0) is 33.5 Å². The molecule has 2 aliphatic rings. The molecule has 1 saturated heterocycles. The molecule has 1 aromatic heterocycles. The van der Waals surface area contributed by atoms with Crippen molar-refractivity contribution in [2.45, 2.75) is 64.7 Å². The Morgan fingerprint density at radius 3 is 2.45 bits per heavy atom. The number of ether oxygens (including phenoxy) is 2. The van der Waals surface area contributed by atoms with E-state index in [1.165, 1.54) is 37.3 Å². The van der Waals surface area contributed by atoms with E-state index in [2.05, 4.69) is 11.4 Å². The summed E-state index contributed by atoms with van der Waals surface area (Å²) in [7, 11) is 0. The number of benzene rings is 3. The molecule has 3 heterocycles. The van der Waals surface area contributed by atoms with Crippen LogP contribution in [0.25, 0.3) is 11.1 Å². The molecule has 4 aromatic rings. The maximum Gasteiger partial charge on any atom is 0.416 e. The Morgan fingerprint density at radius 1 is 1.04 bits per heavy atom. The Bertz CT molecular complexity index is 2260. The van der Waals surface area contributed by atoms with Crippen molar-refractivity contribution in [2.75, 3.05) is 26.2 Å². The van der Waals surface area contributed by atoms with Gasteiger partial charge in [0.15, 0.2) is 0 Å². The third-order valence-electron chi connectivity index (χ3n) is 9.72. The summed E-state index contributed by atoms with van der Waals surface area (Å²) < 4.78 is 101. The van der Waals surface area contributed by atoms with Crippen molar-refractivity contribution < 1.29 is 45.4 Å². The van der Waals surface area contributed by atoms with Gasteiger partial charge in [-0.3, -0.25) is 23.9 Å². The van der Waals surface area contributed by atoms with E-state index in [-0.39, 0.29) is 67.3 Å². The van der Waals surface area contributed by atoms with E-state index >= 15 is 8.78 Å². The summed E-state index contributed by atoms with van der Waals surface area (Å²) >= 11 is 0. The molecule has 4 bridgehead atoms. The number of carbonyl (C=O) groups is 2. The molecule has 9 nitrogen and oxygen atoms in total. The van der Waals surface area contributed by atoms with E-state index in [0.29, 0.717) is 27.3 Å². The molecule has 3 aromatic carbocycles. The van der Waals surface area contributed by atoms with Crippen LogP contribution in [0.1, 0.15) is 69.9 Å². The average Bonchev–Trinajstić information content (AvgIpc) is 3.10. The summed E-state index contributed by atoms with van der Waals surface area (Å²) in [5.74, 6) is -3.58. The zero-order chi connectivity index (χ0) is 39.8. The zero-order valence-electron chi connectivity index (χ0n) is 30.0. The Labute approximate surface area is 312 Å². The van der Waals surface area contributed by atoms with E-state index in [1.54, 1.807) is 24.8 Å². The summed E-state index contributed by atoms with van der Waals surface area (Å²) in [6.45, 7) is 4.47. The molecule has 0 unspecified atom stereocenters. The summed E-state index contributed by atoms with van der Waals surface area (Å²) in [6, 6.07) is 8.53. The van der Waals surface area contributed by atoms with E-state index in [9.17, 15) is 37.2 Å². The number of fused-ring (bicyclic) bond motifs is 6. The second kappa shape index (κ2) is 15.6. The fourth-order valence-electron chi connectivity index (χ4n) is 7.07. The first-order valence-electron chi connectivity index (χ1n) is 17.5. The summed E-state index contributed by atoms with van der Waals surface area (Å²) in [5, 5.41) is 12.3. The highest BCUT2D eigenvalue weighted by Crippen LogP contribution is 2.39. The first kappa shape index (κ1) is 39.1. The van der Waals surface area contributed by atoms with Crippen LogP contribution in [0.3, 0.4) is 0 Å². The standard InChI is InChI=1S/C40H36F6N4O5/c1-4-54-35(52)15-32-29-13-26(10-22(3)37(29)43)36-21(2)9-24(16-47)12-33(36)55-20-23-5-6-31(42)28(11-23)38(39(53)48-32)50-17-25(7-8-49-18-27(41)19-49)30(14-34(50)51)40(44,45)46/h5-6,9-14,17,27,32,38H,4,7-8,15,18-20H2,1-3H3,(H,48,53)/t32-,38-/m0/s1. The van der Waals surface area contributed by atoms with Crippen molar-refractivity contribution in [1.29, 1.82) is 5.26 Å². The Kier molecular flexibility index (Phi) is 11.1. The topological polar surface area (TPSA) is 114 Å². The molecule has 0 aliphatic carbocycles. The molecular formula is C40H36F6N4O5. The van der Waals surface area contributed by atoms with Gasteiger partial charge in [0.05, 0.1) is 36.3 Å². The van der Waals surface area contributed by atoms with Gasteiger partial charge in [0.2, 0.25) is 5.91 Å². The van der Waals surface area contributed by atoms with Gasteiger partial charge in [-0.15, -0.1) is 0 Å². The number of aromatic nitrogens is 1. The number of pyridine rings is 1. The minimum atomic E-state index is -4.98. The lowest BCUT2D eigenvalue weighted by Gasteiger charge is -2.34. The van der Waals surface area contributed by atoms with Gasteiger partial charge >= 0.3 is 12.1 Å². The molecule has 15 heteroatoms. The van der Waals surface area contributed by atoms with Crippen molar-refractivity contribution in [1.82, 2.24) is 14.8 Å². The normalized spacial score (nSPS) is 17.6. The van der Waals surface area contributed by atoms with Crippen LogP contribution in [0, 0.1) is 36.8 Å². The van der Waals surface area contributed by atoms with Gasteiger partial charge in [-0.2, -0.15) is 18.4 Å². The summed E-state index contributed by atoms with van der Waals surface area (Å²) in [5.41, 5.74) is -1.48. The van der Waals surface area contributed by atoms with Gasteiger partial charge in [0.25, 0.3) is 5.56 Å². The molecule has 1 amide bonds. The smallest absolute Gasteiger partial charge is 0.416 e. The maximum atomic E-state index is 16.2. The second-order valence-corrected chi connectivity index (χ2v) is 13.7. The number of carbonyl (C=O) groups excluding carboxylic acids is 2. The minimum absolute atomic E-state index is 0.00476. The largest absolute Gasteiger partial charge is 0.488 e. The predicted molar refractivity (Wildman–Crippen MR) is 188 cm³/mol. The molecule has 1 N–H and O–H groups in total. The maximum absolute atomic E-state index is 16.2. The second-order valence-electron chi connectivity index (χ2n) is 13.7. The van der Waals surface area contributed by atoms with Gasteiger partial charge in [0, 0.05) is 48.6 Å². The predicted octanol–water partition coefficient (Wildman–Crippen LogP) is 6.79. The summed E-state index contributed by atoms with van der Waals surface area (Å²) in [4.78, 5) is 42.8. The van der Waals surface area contributed by atoms with Crippen molar-refractivity contribution in [3.63, 3.8) is 0 Å². The molecule has 0 radical (unpaired) electrons. The van der Waals surface area contributed by atoms with E-state index in [4.69, 9.17) is 9.47 Å². The molecule has 2 aliphatic heterocycles. The highest BCUT2D eigenvalue weighted by molar-refractivity contribution is 5.85. The van der Waals surface area contributed by atoms with Crippen LogP contribution >= 0.6 is 0 Å². The van der Waals surface area contributed by atoms with Gasteiger partial charge in [-0.1, -0.05) is 6.07 Å².